The summed E-state index contributed by atoms with van der Waals surface area (Å²) in [4.78, 5) is 0. The normalized spacial score (nSPS) is 25.2. The average Bonchev–Trinajstić information content (AvgIpc) is 3.22. The first-order chi connectivity index (χ1) is 30.0. The van der Waals surface area contributed by atoms with Crippen molar-refractivity contribution in [3.8, 4) is 86.2 Å². The topological polar surface area (TPSA) is 320 Å². The van der Waals surface area contributed by atoms with Crippen molar-refractivity contribution in [1.82, 2.24) is 0 Å². The summed E-state index contributed by atoms with van der Waals surface area (Å²) >= 11 is 0. The molecule has 4 heterocycles. The van der Waals surface area contributed by atoms with Gasteiger partial charge in [-0.3, -0.25) is 0 Å². The van der Waals surface area contributed by atoms with E-state index >= 15 is 0 Å². The third-order valence-electron chi connectivity index (χ3n) is 12.2. The molecular formula is C45H36O18. The predicted octanol–water partition coefficient (Wildman–Crippen LogP) is 4.24. The summed E-state index contributed by atoms with van der Waals surface area (Å²) in [6.07, 6.45) is -8.07. The highest BCUT2D eigenvalue weighted by Crippen LogP contribution is 2.65. The lowest BCUT2D eigenvalue weighted by molar-refractivity contribution is -0.219. The van der Waals surface area contributed by atoms with Gasteiger partial charge in [-0.05, 0) is 53.6 Å². The van der Waals surface area contributed by atoms with Crippen molar-refractivity contribution >= 4 is 0 Å². The summed E-state index contributed by atoms with van der Waals surface area (Å²) in [5.41, 5.74) is -0.683. The number of hydrogen-bond acceptors (Lipinski definition) is 18. The van der Waals surface area contributed by atoms with Gasteiger partial charge in [-0.25, -0.2) is 0 Å². The molecule has 6 aromatic carbocycles. The minimum Gasteiger partial charge on any atom is -0.508 e. The lowest BCUT2D eigenvalue weighted by Crippen LogP contribution is -2.57. The summed E-state index contributed by atoms with van der Waals surface area (Å²) in [6, 6.07) is 15.0. The van der Waals surface area contributed by atoms with E-state index in [1.54, 1.807) is 0 Å². The van der Waals surface area contributed by atoms with Gasteiger partial charge < -0.3 is 90.4 Å². The second-order valence-corrected chi connectivity index (χ2v) is 15.9. The van der Waals surface area contributed by atoms with Gasteiger partial charge in [-0.15, -0.1) is 0 Å². The Labute approximate surface area is 354 Å². The molecule has 0 spiro atoms. The Kier molecular flexibility index (Phi) is 8.49. The molecule has 63 heavy (non-hydrogen) atoms. The molecule has 1 unspecified atom stereocenters. The largest absolute Gasteiger partial charge is 0.508 e. The molecule has 4 aliphatic rings. The monoisotopic (exact) mass is 864 g/mol. The van der Waals surface area contributed by atoms with E-state index < -0.39 is 117 Å². The van der Waals surface area contributed by atoms with Crippen molar-refractivity contribution in [3.63, 3.8) is 0 Å². The van der Waals surface area contributed by atoms with Crippen molar-refractivity contribution in [3.05, 3.63) is 123 Å². The highest BCUT2D eigenvalue weighted by molar-refractivity contribution is 5.72. The number of aromatic hydroxyl groups is 11. The maximum atomic E-state index is 12.7. The standard InChI is InChI=1S/C45H36O18/c46-18-10-27(54)33-30(11-18)60-42(16-2-5-21(48)25(52)8-16)40(58)37(33)34-28(55)14-31-35(39(34)57)38-36-32(63-45(62-31,44(38)59)17-3-6-22(49)26(53)9-17)13-23(50)19-12-29(56)41(61-43(19)36)15-1-4-20(47)24(51)7-15/h1-11,13-14,29,37-38,40-42,44,46-59H,12H2/t29-,37-,38+,40-,41-,42-,44?,45-/m1/s1. The Hall–Kier alpha value is -7.80. The molecule has 2 bridgehead atoms. The van der Waals surface area contributed by atoms with Gasteiger partial charge in [-0.2, -0.15) is 0 Å². The van der Waals surface area contributed by atoms with Crippen molar-refractivity contribution < 1.29 is 90.4 Å². The number of hydrogen-bond donors (Lipinski definition) is 14. The molecule has 324 valence electrons. The smallest absolute Gasteiger partial charge is 0.305 e. The van der Waals surface area contributed by atoms with Crippen LogP contribution in [-0.2, 0) is 12.2 Å². The molecule has 8 atom stereocenters. The zero-order valence-electron chi connectivity index (χ0n) is 32.1. The summed E-state index contributed by atoms with van der Waals surface area (Å²) in [6.45, 7) is 0. The fraction of sp³-hybridized carbons (Fsp3) is 0.200. The molecule has 4 aliphatic heterocycles. The number of rotatable bonds is 4. The van der Waals surface area contributed by atoms with Crippen LogP contribution in [0.15, 0.2) is 78.9 Å². The van der Waals surface area contributed by atoms with Gasteiger partial charge in [0.1, 0.15) is 70.1 Å². The van der Waals surface area contributed by atoms with E-state index in [9.17, 15) is 71.5 Å². The van der Waals surface area contributed by atoms with Crippen LogP contribution in [0.3, 0.4) is 0 Å². The Balaban J connectivity index is 1.22. The molecule has 0 amide bonds. The van der Waals surface area contributed by atoms with Crippen LogP contribution < -0.4 is 18.9 Å². The van der Waals surface area contributed by atoms with Gasteiger partial charge in [0.25, 0.3) is 0 Å². The molecule has 0 saturated carbocycles. The second kappa shape index (κ2) is 13.6. The SMILES string of the molecule is Oc1cc(O)c2c(c1)O[C@H](c1ccc(O)c(O)c1)[C@H](O)[C@H]2c1c(O)cc2c(c1O)[C@H]1c3c(cc(O)c4c3O[C@H](c3ccc(O)c(O)c3)[C@H](O)C4)O[C@@](c3ccc(O)c(O)c3)(O2)C1O. The number of phenolic OH excluding ortho intramolecular Hbond substituents is 11. The third-order valence-corrected chi connectivity index (χ3v) is 12.2. The minimum absolute atomic E-state index is 0.0246. The van der Waals surface area contributed by atoms with Gasteiger partial charge in [-0.1, -0.05) is 12.1 Å². The number of fused-ring (bicyclic) bond motifs is 9. The number of ether oxygens (including phenoxy) is 4. The molecule has 0 radical (unpaired) electrons. The van der Waals surface area contributed by atoms with Crippen molar-refractivity contribution in [2.45, 2.75) is 54.6 Å². The first-order valence-electron chi connectivity index (χ1n) is 19.3. The fourth-order valence-corrected chi connectivity index (χ4v) is 9.31. The molecule has 0 aliphatic carbocycles. The van der Waals surface area contributed by atoms with Crippen LogP contribution in [0.5, 0.6) is 86.2 Å². The van der Waals surface area contributed by atoms with Crippen LogP contribution in [0.1, 0.15) is 68.6 Å². The molecule has 0 saturated heterocycles. The number of aliphatic hydroxyl groups is 3. The maximum Gasteiger partial charge on any atom is 0.305 e. The Morgan fingerprint density at radius 2 is 1.03 bits per heavy atom. The van der Waals surface area contributed by atoms with Crippen LogP contribution in [0.25, 0.3) is 0 Å². The predicted molar refractivity (Wildman–Crippen MR) is 212 cm³/mol. The van der Waals surface area contributed by atoms with Crippen LogP contribution in [-0.4, -0.2) is 89.8 Å². The second-order valence-electron chi connectivity index (χ2n) is 15.9. The van der Waals surface area contributed by atoms with E-state index in [-0.39, 0.29) is 68.4 Å². The zero-order chi connectivity index (χ0) is 44.5. The van der Waals surface area contributed by atoms with E-state index in [0.29, 0.717) is 0 Å². The van der Waals surface area contributed by atoms with Crippen molar-refractivity contribution in [2.24, 2.45) is 0 Å². The van der Waals surface area contributed by atoms with Crippen LogP contribution >= 0.6 is 0 Å². The Bertz CT molecular complexity index is 2910. The Morgan fingerprint density at radius 3 is 1.67 bits per heavy atom. The summed E-state index contributed by atoms with van der Waals surface area (Å²) < 4.78 is 25.3. The van der Waals surface area contributed by atoms with E-state index in [4.69, 9.17) is 18.9 Å². The summed E-state index contributed by atoms with van der Waals surface area (Å²) in [5, 5.41) is 156. The van der Waals surface area contributed by atoms with Crippen molar-refractivity contribution in [1.29, 1.82) is 0 Å². The lowest BCUT2D eigenvalue weighted by Gasteiger charge is -2.51. The van der Waals surface area contributed by atoms with Crippen LogP contribution in [0.4, 0.5) is 0 Å². The number of benzene rings is 6. The molecule has 10 rings (SSSR count). The molecule has 0 aromatic heterocycles. The van der Waals surface area contributed by atoms with E-state index in [1.807, 2.05) is 0 Å². The molecule has 18 nitrogen and oxygen atoms in total. The van der Waals surface area contributed by atoms with Gasteiger partial charge in [0, 0.05) is 64.1 Å². The number of aliphatic hydroxyl groups excluding tert-OH is 3. The summed E-state index contributed by atoms with van der Waals surface area (Å²) in [7, 11) is 0. The zero-order valence-corrected chi connectivity index (χ0v) is 32.1. The average molecular weight is 865 g/mol. The minimum atomic E-state index is -2.36. The van der Waals surface area contributed by atoms with E-state index in [1.165, 1.54) is 30.3 Å². The molecule has 18 heteroatoms. The van der Waals surface area contributed by atoms with Gasteiger partial charge >= 0.3 is 5.79 Å². The van der Waals surface area contributed by atoms with Gasteiger partial charge in [0.2, 0.25) is 0 Å². The summed E-state index contributed by atoms with van der Waals surface area (Å²) in [5.74, 6) is -12.7. The Morgan fingerprint density at radius 1 is 0.460 bits per heavy atom. The molecule has 0 fully saturated rings. The van der Waals surface area contributed by atoms with Gasteiger partial charge in [0.15, 0.2) is 40.6 Å². The quantitative estimate of drug-likeness (QED) is 0.110. The van der Waals surface area contributed by atoms with Crippen LogP contribution in [0, 0.1) is 0 Å². The number of phenols is 11. The highest BCUT2D eigenvalue weighted by atomic mass is 16.7. The first-order valence-corrected chi connectivity index (χ1v) is 19.3. The highest BCUT2D eigenvalue weighted by Gasteiger charge is 2.61. The first kappa shape index (κ1) is 39.3. The fourth-order valence-electron chi connectivity index (χ4n) is 9.31. The van der Waals surface area contributed by atoms with E-state index in [0.717, 1.165) is 48.5 Å². The van der Waals surface area contributed by atoms with E-state index in [2.05, 4.69) is 0 Å². The molecular weight excluding hydrogens is 828 g/mol. The lowest BCUT2D eigenvalue weighted by atomic mass is 9.72. The molecule has 14 N–H and O–H groups in total. The van der Waals surface area contributed by atoms with Gasteiger partial charge in [0.05, 0.1) is 17.9 Å². The third kappa shape index (κ3) is 5.68. The maximum absolute atomic E-state index is 12.7. The van der Waals surface area contributed by atoms with Crippen LogP contribution in [0.2, 0.25) is 0 Å². The van der Waals surface area contributed by atoms with Crippen molar-refractivity contribution in [2.75, 3.05) is 0 Å². The molecule has 6 aromatic rings.